The van der Waals surface area contributed by atoms with Crippen molar-refractivity contribution in [1.29, 1.82) is 0 Å². The van der Waals surface area contributed by atoms with Gasteiger partial charge in [-0.2, -0.15) is 31.4 Å². The molecule has 1 aromatic carbocycles. The molecule has 0 aliphatic rings. The number of alkyl halides is 6. The summed E-state index contributed by atoms with van der Waals surface area (Å²) in [6.45, 7) is 1.43. The van der Waals surface area contributed by atoms with E-state index in [1.54, 1.807) is 30.5 Å². The number of halogens is 6. The van der Waals surface area contributed by atoms with Gasteiger partial charge in [-0.05, 0) is 48.9 Å². The largest absolute Gasteiger partial charge is 0.416 e. The number of pyridine rings is 1. The van der Waals surface area contributed by atoms with E-state index >= 15 is 0 Å². The van der Waals surface area contributed by atoms with Crippen molar-refractivity contribution in [3.63, 3.8) is 0 Å². The van der Waals surface area contributed by atoms with Crippen molar-refractivity contribution in [2.75, 3.05) is 0 Å². The molecule has 4 aromatic rings. The zero-order chi connectivity index (χ0) is 24.5. The molecular formula is C22H15F6N5S. The lowest BCUT2D eigenvalue weighted by atomic mass is 9.98. The molecular weight excluding hydrogens is 480 g/mol. The van der Waals surface area contributed by atoms with E-state index in [1.165, 1.54) is 35.3 Å². The van der Waals surface area contributed by atoms with Gasteiger partial charge in [-0.15, -0.1) is 10.2 Å². The predicted octanol–water partition coefficient (Wildman–Crippen LogP) is 6.61. The first-order valence-corrected chi connectivity index (χ1v) is 10.6. The Morgan fingerprint density at radius 3 is 2.44 bits per heavy atom. The van der Waals surface area contributed by atoms with E-state index in [0.717, 1.165) is 6.07 Å². The van der Waals surface area contributed by atoms with E-state index in [1.807, 2.05) is 6.07 Å². The van der Waals surface area contributed by atoms with Gasteiger partial charge in [0.15, 0.2) is 5.01 Å². The number of aromatic nitrogens is 5. The first kappa shape index (κ1) is 23.6. The summed E-state index contributed by atoms with van der Waals surface area (Å²) in [5.41, 5.74) is -1.77. The Bertz CT molecular complexity index is 1310. The van der Waals surface area contributed by atoms with Gasteiger partial charge >= 0.3 is 12.4 Å². The van der Waals surface area contributed by atoms with Crippen LogP contribution in [0.15, 0.2) is 55.0 Å². The van der Waals surface area contributed by atoms with Crippen LogP contribution in [0.4, 0.5) is 26.3 Å². The topological polar surface area (TPSA) is 56.5 Å². The van der Waals surface area contributed by atoms with Crippen LogP contribution >= 0.6 is 11.3 Å². The van der Waals surface area contributed by atoms with Gasteiger partial charge in [-0.3, -0.25) is 9.67 Å². The Morgan fingerprint density at radius 1 is 0.971 bits per heavy atom. The van der Waals surface area contributed by atoms with Gasteiger partial charge in [0.05, 0.1) is 23.4 Å². The summed E-state index contributed by atoms with van der Waals surface area (Å²) in [4.78, 5) is 4.20. The normalized spacial score (nSPS) is 13.5. The second-order valence-electron chi connectivity index (χ2n) is 7.22. The van der Waals surface area contributed by atoms with Gasteiger partial charge < -0.3 is 0 Å². The third-order valence-electron chi connectivity index (χ3n) is 4.90. The van der Waals surface area contributed by atoms with Crippen LogP contribution in [-0.4, -0.2) is 25.0 Å². The summed E-state index contributed by atoms with van der Waals surface area (Å²) in [5, 5.41) is 13.4. The summed E-state index contributed by atoms with van der Waals surface area (Å²) in [6, 6.07) is 6.06. The predicted molar refractivity (Wildman–Crippen MR) is 115 cm³/mol. The molecule has 0 N–H and O–H groups in total. The molecule has 34 heavy (non-hydrogen) atoms. The van der Waals surface area contributed by atoms with Crippen LogP contribution in [0.2, 0.25) is 0 Å². The van der Waals surface area contributed by atoms with E-state index in [4.69, 9.17) is 0 Å². The van der Waals surface area contributed by atoms with Crippen molar-refractivity contribution in [2.45, 2.75) is 25.3 Å². The number of nitrogens with zero attached hydrogens (tertiary/aromatic N) is 5. The number of hydrogen-bond acceptors (Lipinski definition) is 5. The maximum atomic E-state index is 13.5. The van der Waals surface area contributed by atoms with Crippen LogP contribution < -0.4 is 0 Å². The molecule has 0 saturated carbocycles. The number of benzene rings is 1. The second-order valence-corrected chi connectivity index (χ2v) is 8.23. The number of hydrogen-bond donors (Lipinski definition) is 0. The molecule has 0 radical (unpaired) electrons. The quantitative estimate of drug-likeness (QED) is 0.292. The van der Waals surface area contributed by atoms with Crippen LogP contribution in [0.3, 0.4) is 0 Å². The van der Waals surface area contributed by atoms with Crippen molar-refractivity contribution >= 4 is 23.5 Å². The Balaban J connectivity index is 1.56. The summed E-state index contributed by atoms with van der Waals surface area (Å²) in [5.74, 6) is 0. The Labute approximate surface area is 193 Å². The standard InChI is InChI=1S/C22H15F6N5S/c1-13(16-7-6-15(21(23,24)25)10-17(16)22(26,27)28)33-12-14(11-30-33)5-8-19-31-32-20(34-19)18-4-2-3-9-29-18/h2-13H,1H3. The average molecular weight is 495 g/mol. The molecule has 0 fully saturated rings. The molecule has 3 aromatic heterocycles. The SMILES string of the molecule is CC(c1ccc(C(F)(F)F)cc1C(F)(F)F)n1cc(C=Cc2nnc(-c3ccccn3)s2)cn1. The monoisotopic (exact) mass is 495 g/mol. The highest BCUT2D eigenvalue weighted by molar-refractivity contribution is 7.15. The van der Waals surface area contributed by atoms with Crippen LogP contribution in [0.5, 0.6) is 0 Å². The fraction of sp³-hybridized carbons (Fsp3) is 0.182. The lowest BCUT2D eigenvalue weighted by Crippen LogP contribution is -2.17. The van der Waals surface area contributed by atoms with Gasteiger partial charge in [0, 0.05) is 18.0 Å². The van der Waals surface area contributed by atoms with Crippen LogP contribution in [-0.2, 0) is 12.4 Å². The Morgan fingerprint density at radius 2 is 1.76 bits per heavy atom. The minimum Gasteiger partial charge on any atom is -0.265 e. The number of rotatable bonds is 5. The fourth-order valence-electron chi connectivity index (χ4n) is 3.20. The molecule has 0 aliphatic heterocycles. The minimum absolute atomic E-state index is 0.130. The van der Waals surface area contributed by atoms with Crippen molar-refractivity contribution in [1.82, 2.24) is 25.0 Å². The molecule has 5 nitrogen and oxygen atoms in total. The van der Waals surface area contributed by atoms with E-state index in [-0.39, 0.29) is 11.6 Å². The van der Waals surface area contributed by atoms with Crippen molar-refractivity contribution in [3.05, 3.63) is 82.3 Å². The lowest BCUT2D eigenvalue weighted by molar-refractivity contribution is -0.143. The Kier molecular flexibility index (Phi) is 6.26. The molecule has 1 unspecified atom stereocenters. The fourth-order valence-corrected chi connectivity index (χ4v) is 3.92. The van der Waals surface area contributed by atoms with E-state index in [0.29, 0.717) is 27.3 Å². The first-order chi connectivity index (χ1) is 16.0. The van der Waals surface area contributed by atoms with Gasteiger partial charge in [0.2, 0.25) is 0 Å². The van der Waals surface area contributed by atoms with E-state index in [2.05, 4.69) is 20.3 Å². The molecule has 1 atom stereocenters. The van der Waals surface area contributed by atoms with Crippen molar-refractivity contribution in [3.8, 4) is 10.7 Å². The van der Waals surface area contributed by atoms with Gasteiger partial charge in [0.1, 0.15) is 10.7 Å². The summed E-state index contributed by atoms with van der Waals surface area (Å²) in [6.07, 6.45) is -1.92. The zero-order valence-corrected chi connectivity index (χ0v) is 18.2. The van der Waals surface area contributed by atoms with E-state index < -0.39 is 29.5 Å². The molecule has 0 amide bonds. The molecule has 4 rings (SSSR count). The maximum absolute atomic E-state index is 13.5. The van der Waals surface area contributed by atoms with Crippen LogP contribution in [0, 0.1) is 0 Å². The van der Waals surface area contributed by atoms with Crippen LogP contribution in [0.1, 0.15) is 40.2 Å². The molecule has 3 heterocycles. The second kappa shape index (κ2) is 9.01. The summed E-state index contributed by atoms with van der Waals surface area (Å²) < 4.78 is 80.6. The first-order valence-electron chi connectivity index (χ1n) is 9.78. The molecule has 176 valence electrons. The van der Waals surface area contributed by atoms with Gasteiger partial charge in [0.25, 0.3) is 0 Å². The average Bonchev–Trinajstić information content (AvgIpc) is 3.46. The molecule has 0 saturated heterocycles. The lowest BCUT2D eigenvalue weighted by Gasteiger charge is -2.20. The molecule has 0 aliphatic carbocycles. The molecule has 0 spiro atoms. The van der Waals surface area contributed by atoms with Crippen molar-refractivity contribution < 1.29 is 26.3 Å². The van der Waals surface area contributed by atoms with E-state index in [9.17, 15) is 26.3 Å². The zero-order valence-electron chi connectivity index (χ0n) is 17.3. The summed E-state index contributed by atoms with van der Waals surface area (Å²) in [7, 11) is 0. The summed E-state index contributed by atoms with van der Waals surface area (Å²) >= 11 is 1.31. The highest BCUT2D eigenvalue weighted by Gasteiger charge is 2.39. The highest BCUT2D eigenvalue weighted by atomic mass is 32.1. The van der Waals surface area contributed by atoms with Crippen molar-refractivity contribution in [2.24, 2.45) is 0 Å². The third-order valence-corrected chi connectivity index (χ3v) is 5.81. The minimum atomic E-state index is -4.95. The van der Waals surface area contributed by atoms with Gasteiger partial charge in [-0.1, -0.05) is 23.5 Å². The smallest absolute Gasteiger partial charge is 0.265 e. The molecule has 0 bridgehead atoms. The van der Waals surface area contributed by atoms with Crippen LogP contribution in [0.25, 0.3) is 22.9 Å². The maximum Gasteiger partial charge on any atom is 0.416 e. The third kappa shape index (κ3) is 5.16. The Hall–Kier alpha value is -3.54. The van der Waals surface area contributed by atoms with Gasteiger partial charge in [-0.25, -0.2) is 0 Å². The highest BCUT2D eigenvalue weighted by Crippen LogP contribution is 2.39. The molecule has 12 heteroatoms.